The van der Waals surface area contributed by atoms with Gasteiger partial charge in [0.15, 0.2) is 0 Å². The van der Waals surface area contributed by atoms with Crippen LogP contribution in [0.5, 0.6) is 11.6 Å². The Morgan fingerprint density at radius 1 is 1.11 bits per heavy atom. The van der Waals surface area contributed by atoms with Gasteiger partial charge in [-0.1, -0.05) is 18.2 Å². The van der Waals surface area contributed by atoms with Crippen molar-refractivity contribution in [2.75, 3.05) is 13.2 Å². The molecule has 6 nitrogen and oxygen atoms in total. The van der Waals surface area contributed by atoms with E-state index in [2.05, 4.69) is 15.3 Å². The summed E-state index contributed by atoms with van der Waals surface area (Å²) < 4.78 is 11.3. The first kappa shape index (κ1) is 18.6. The van der Waals surface area contributed by atoms with Crippen molar-refractivity contribution in [3.8, 4) is 11.6 Å². The van der Waals surface area contributed by atoms with Crippen LogP contribution in [0.3, 0.4) is 0 Å². The molecule has 0 radical (unpaired) electrons. The lowest BCUT2D eigenvalue weighted by atomic mass is 10.2. The largest absolute Gasteiger partial charge is 0.491 e. The highest BCUT2D eigenvalue weighted by atomic mass is 16.5. The molecule has 1 aromatic carbocycles. The van der Waals surface area contributed by atoms with Crippen molar-refractivity contribution in [3.63, 3.8) is 0 Å². The summed E-state index contributed by atoms with van der Waals surface area (Å²) in [5.74, 6) is 1.11. The number of rotatable bonds is 8. The van der Waals surface area contributed by atoms with Gasteiger partial charge in [0, 0.05) is 30.4 Å². The summed E-state index contributed by atoms with van der Waals surface area (Å²) in [6.07, 6.45) is 4.01. The van der Waals surface area contributed by atoms with E-state index >= 15 is 0 Å². The lowest BCUT2D eigenvalue weighted by molar-refractivity contribution is 0.0951. The van der Waals surface area contributed by atoms with Gasteiger partial charge in [0.1, 0.15) is 11.3 Å². The minimum absolute atomic E-state index is 0.0501. The minimum Gasteiger partial charge on any atom is -0.491 e. The predicted octanol–water partition coefficient (Wildman–Crippen LogP) is 3.62. The third-order valence-corrected chi connectivity index (χ3v) is 3.81. The molecule has 0 saturated carbocycles. The SMILES string of the molecule is CC(C)Oc1ccc(C(=O)NCCCOc2cccc3cccnc23)cn1. The highest BCUT2D eigenvalue weighted by Gasteiger charge is 2.07. The van der Waals surface area contributed by atoms with Crippen molar-refractivity contribution < 1.29 is 14.3 Å². The molecule has 0 atom stereocenters. The monoisotopic (exact) mass is 365 g/mol. The Morgan fingerprint density at radius 3 is 2.74 bits per heavy atom. The van der Waals surface area contributed by atoms with E-state index in [0.29, 0.717) is 31.0 Å². The number of ether oxygens (including phenoxy) is 2. The molecule has 0 aliphatic rings. The Hall–Kier alpha value is -3.15. The molecule has 0 aliphatic heterocycles. The summed E-state index contributed by atoms with van der Waals surface area (Å²) >= 11 is 0. The third kappa shape index (κ3) is 5.17. The number of aromatic nitrogens is 2. The van der Waals surface area contributed by atoms with Crippen LogP contribution in [-0.2, 0) is 0 Å². The number of carbonyl (C=O) groups excluding carboxylic acids is 1. The Labute approximate surface area is 158 Å². The molecule has 6 heteroatoms. The van der Waals surface area contributed by atoms with E-state index in [1.54, 1.807) is 18.3 Å². The third-order valence-electron chi connectivity index (χ3n) is 3.81. The van der Waals surface area contributed by atoms with Gasteiger partial charge in [0.25, 0.3) is 5.91 Å². The number of fused-ring (bicyclic) bond motifs is 1. The number of pyridine rings is 2. The highest BCUT2D eigenvalue weighted by Crippen LogP contribution is 2.22. The summed E-state index contributed by atoms with van der Waals surface area (Å²) in [7, 11) is 0. The number of amides is 1. The number of nitrogens with one attached hydrogen (secondary N) is 1. The number of hydrogen-bond acceptors (Lipinski definition) is 5. The van der Waals surface area contributed by atoms with E-state index in [0.717, 1.165) is 16.7 Å². The van der Waals surface area contributed by atoms with Crippen LogP contribution in [0.2, 0.25) is 0 Å². The molecular weight excluding hydrogens is 342 g/mol. The van der Waals surface area contributed by atoms with Crippen molar-refractivity contribution in [3.05, 3.63) is 60.4 Å². The zero-order chi connectivity index (χ0) is 19.1. The maximum absolute atomic E-state index is 12.1. The fraction of sp³-hybridized carbons (Fsp3) is 0.286. The zero-order valence-corrected chi connectivity index (χ0v) is 15.5. The standard InChI is InChI=1S/C21H23N3O3/c1-15(2)27-19-10-9-17(14-24-19)21(25)23-12-5-13-26-18-8-3-6-16-7-4-11-22-20(16)18/h3-4,6-11,14-15H,5,12-13H2,1-2H3,(H,23,25). The lowest BCUT2D eigenvalue weighted by Crippen LogP contribution is -2.25. The Bertz CT molecular complexity index is 889. The maximum atomic E-state index is 12.1. The van der Waals surface area contributed by atoms with Crippen LogP contribution in [0.4, 0.5) is 0 Å². The van der Waals surface area contributed by atoms with Crippen LogP contribution in [0.1, 0.15) is 30.6 Å². The van der Waals surface area contributed by atoms with Crippen LogP contribution >= 0.6 is 0 Å². The smallest absolute Gasteiger partial charge is 0.252 e. The molecule has 0 fully saturated rings. The van der Waals surface area contributed by atoms with Crippen LogP contribution in [0.15, 0.2) is 54.9 Å². The first-order chi connectivity index (χ1) is 13.1. The number of nitrogens with zero attached hydrogens (tertiary/aromatic N) is 2. The van der Waals surface area contributed by atoms with Crippen LogP contribution in [-0.4, -0.2) is 35.1 Å². The van der Waals surface area contributed by atoms with Gasteiger partial charge in [-0.2, -0.15) is 0 Å². The van der Waals surface area contributed by atoms with Gasteiger partial charge in [-0.05, 0) is 38.5 Å². The molecule has 2 heterocycles. The van der Waals surface area contributed by atoms with Gasteiger partial charge < -0.3 is 14.8 Å². The number of para-hydroxylation sites is 1. The van der Waals surface area contributed by atoms with Crippen molar-refractivity contribution >= 4 is 16.8 Å². The van der Waals surface area contributed by atoms with Gasteiger partial charge in [0.05, 0.1) is 18.3 Å². The molecule has 3 rings (SSSR count). The lowest BCUT2D eigenvalue weighted by Gasteiger charge is -2.10. The topological polar surface area (TPSA) is 73.3 Å². The van der Waals surface area contributed by atoms with Crippen LogP contribution in [0, 0.1) is 0 Å². The first-order valence-corrected chi connectivity index (χ1v) is 9.01. The second kappa shape index (κ2) is 8.98. The molecule has 0 saturated heterocycles. The predicted molar refractivity (Wildman–Crippen MR) is 104 cm³/mol. The first-order valence-electron chi connectivity index (χ1n) is 9.01. The van der Waals surface area contributed by atoms with Crippen molar-refractivity contribution in [2.45, 2.75) is 26.4 Å². The molecule has 1 amide bonds. The fourth-order valence-corrected chi connectivity index (χ4v) is 2.58. The molecule has 140 valence electrons. The van der Waals surface area contributed by atoms with E-state index in [-0.39, 0.29) is 12.0 Å². The molecular formula is C21H23N3O3. The van der Waals surface area contributed by atoms with Gasteiger partial charge in [-0.3, -0.25) is 9.78 Å². The van der Waals surface area contributed by atoms with Crippen molar-refractivity contribution in [2.24, 2.45) is 0 Å². The summed E-state index contributed by atoms with van der Waals surface area (Å²) in [5, 5.41) is 3.91. The molecule has 0 spiro atoms. The average molecular weight is 365 g/mol. The molecule has 3 aromatic rings. The van der Waals surface area contributed by atoms with Gasteiger partial charge >= 0.3 is 0 Å². The molecule has 0 aliphatic carbocycles. The van der Waals surface area contributed by atoms with E-state index in [1.807, 2.05) is 44.2 Å². The van der Waals surface area contributed by atoms with Gasteiger partial charge in [-0.25, -0.2) is 4.98 Å². The van der Waals surface area contributed by atoms with Crippen molar-refractivity contribution in [1.29, 1.82) is 0 Å². The Morgan fingerprint density at radius 2 is 1.96 bits per heavy atom. The van der Waals surface area contributed by atoms with Gasteiger partial charge in [0.2, 0.25) is 5.88 Å². The number of benzene rings is 1. The maximum Gasteiger partial charge on any atom is 0.252 e. The second-order valence-corrected chi connectivity index (χ2v) is 6.34. The normalized spacial score (nSPS) is 10.8. The quantitative estimate of drug-likeness (QED) is 0.617. The minimum atomic E-state index is -0.162. The van der Waals surface area contributed by atoms with Crippen LogP contribution < -0.4 is 14.8 Å². The fourth-order valence-electron chi connectivity index (χ4n) is 2.58. The molecule has 0 bridgehead atoms. The molecule has 27 heavy (non-hydrogen) atoms. The molecule has 0 unspecified atom stereocenters. The summed E-state index contributed by atoms with van der Waals surface area (Å²) in [4.78, 5) is 20.6. The highest BCUT2D eigenvalue weighted by molar-refractivity contribution is 5.93. The summed E-state index contributed by atoms with van der Waals surface area (Å²) in [5.41, 5.74) is 1.35. The number of carbonyl (C=O) groups is 1. The second-order valence-electron chi connectivity index (χ2n) is 6.34. The molecule has 2 aromatic heterocycles. The van der Waals surface area contributed by atoms with Crippen molar-refractivity contribution in [1.82, 2.24) is 15.3 Å². The Kier molecular flexibility index (Phi) is 6.20. The number of hydrogen-bond donors (Lipinski definition) is 1. The zero-order valence-electron chi connectivity index (χ0n) is 15.5. The van der Waals surface area contributed by atoms with E-state index in [1.165, 1.54) is 6.20 Å². The van der Waals surface area contributed by atoms with Crippen LogP contribution in [0.25, 0.3) is 10.9 Å². The Balaban J connectivity index is 1.44. The summed E-state index contributed by atoms with van der Waals surface area (Å²) in [6.45, 7) is 4.87. The van der Waals surface area contributed by atoms with E-state index in [9.17, 15) is 4.79 Å². The van der Waals surface area contributed by atoms with E-state index in [4.69, 9.17) is 9.47 Å². The van der Waals surface area contributed by atoms with Gasteiger partial charge in [-0.15, -0.1) is 0 Å². The molecule has 1 N–H and O–H groups in total. The average Bonchev–Trinajstić information content (AvgIpc) is 2.68. The summed E-state index contributed by atoms with van der Waals surface area (Å²) in [6, 6.07) is 13.2. The van der Waals surface area contributed by atoms with E-state index < -0.39 is 0 Å².